The number of thiophene rings is 1. The van der Waals surface area contributed by atoms with Gasteiger partial charge in [0.05, 0.1) is 50.8 Å². The van der Waals surface area contributed by atoms with Gasteiger partial charge in [-0.25, -0.2) is 18.2 Å². The number of nitrogens with one attached hydrogen (secondary N) is 4. The molecule has 0 saturated heterocycles. The lowest BCUT2D eigenvalue weighted by atomic mass is 9.86. The maximum atomic E-state index is 13.5. The van der Waals surface area contributed by atoms with Crippen molar-refractivity contribution >= 4 is 66.7 Å². The van der Waals surface area contributed by atoms with Gasteiger partial charge in [-0.3, -0.25) is 4.72 Å². The van der Waals surface area contributed by atoms with Crippen LogP contribution in [0.2, 0.25) is 0 Å². The summed E-state index contributed by atoms with van der Waals surface area (Å²) in [5.74, 6) is 3.03. The van der Waals surface area contributed by atoms with Crippen LogP contribution < -0.4 is 39.6 Å². The van der Waals surface area contributed by atoms with Crippen molar-refractivity contribution in [3.8, 4) is 28.7 Å². The highest BCUT2D eigenvalue weighted by molar-refractivity contribution is 7.92. The Morgan fingerprint density at radius 2 is 1.54 bits per heavy atom. The molecule has 57 heavy (non-hydrogen) atoms. The molecule has 0 atom stereocenters. The average molecular weight is 812 g/mol. The molecule has 2 amide bonds. The number of hydrogen-bond donors (Lipinski definition) is 4. The van der Waals surface area contributed by atoms with Gasteiger partial charge in [0.2, 0.25) is 10.0 Å². The van der Waals surface area contributed by atoms with Crippen LogP contribution in [-0.4, -0.2) is 53.1 Å². The molecule has 15 heteroatoms. The highest BCUT2D eigenvalue weighted by Crippen LogP contribution is 2.40. The van der Waals surface area contributed by atoms with Crippen molar-refractivity contribution < 1.29 is 36.9 Å². The average Bonchev–Trinajstić information content (AvgIpc) is 3.68. The Hall–Kier alpha value is -6.03. The predicted molar refractivity (Wildman–Crippen MR) is 227 cm³/mol. The normalized spacial score (nSPS) is 11.5. The van der Waals surface area contributed by atoms with E-state index in [1.54, 1.807) is 67.1 Å². The van der Waals surface area contributed by atoms with Crippen molar-refractivity contribution in [2.24, 2.45) is 0 Å². The first-order valence-corrected chi connectivity index (χ1v) is 20.7. The molecule has 2 heterocycles. The van der Waals surface area contributed by atoms with Crippen LogP contribution in [0, 0.1) is 0 Å². The van der Waals surface area contributed by atoms with Crippen molar-refractivity contribution in [1.82, 2.24) is 4.98 Å². The molecule has 6 rings (SSSR count). The van der Waals surface area contributed by atoms with Crippen LogP contribution >= 0.6 is 11.3 Å². The second kappa shape index (κ2) is 17.8. The van der Waals surface area contributed by atoms with E-state index in [2.05, 4.69) is 25.7 Å². The third kappa shape index (κ3) is 11.1. The van der Waals surface area contributed by atoms with Crippen LogP contribution in [0.3, 0.4) is 0 Å². The molecule has 2 aromatic heterocycles. The Balaban J connectivity index is 1.16. The Morgan fingerprint density at radius 3 is 2.26 bits per heavy atom. The largest absolute Gasteiger partial charge is 0.497 e. The number of hydrogen-bond acceptors (Lipinski definition) is 11. The zero-order chi connectivity index (χ0) is 40.6. The number of carbonyl (C=O) groups excluding carboxylic acids is 1. The number of methoxy groups -OCH3 is 2. The fraction of sp³-hybridized carbons (Fsp3) is 0.238. The van der Waals surface area contributed by atoms with E-state index < -0.39 is 16.1 Å². The lowest BCUT2D eigenvalue weighted by Gasteiger charge is -2.24. The zero-order valence-electron chi connectivity index (χ0n) is 32.5. The summed E-state index contributed by atoms with van der Waals surface area (Å²) in [5.41, 5.74) is 2.17. The van der Waals surface area contributed by atoms with Crippen LogP contribution in [0.4, 0.5) is 33.4 Å². The molecule has 0 spiro atoms. The summed E-state index contributed by atoms with van der Waals surface area (Å²) < 4.78 is 56.0. The second-order valence-electron chi connectivity index (χ2n) is 13.9. The highest BCUT2D eigenvalue weighted by atomic mass is 32.2. The summed E-state index contributed by atoms with van der Waals surface area (Å²) in [7, 11) is -0.633. The van der Waals surface area contributed by atoms with E-state index in [9.17, 15) is 13.2 Å². The topological polar surface area (TPSA) is 158 Å². The molecule has 0 unspecified atom stereocenters. The van der Waals surface area contributed by atoms with Gasteiger partial charge in [-0.1, -0.05) is 51.1 Å². The molecule has 4 aromatic carbocycles. The first kappa shape index (κ1) is 40.6. The quantitative estimate of drug-likeness (QED) is 0.0694. The number of pyridine rings is 1. The number of carbonyl (C=O) groups is 1. The van der Waals surface area contributed by atoms with Gasteiger partial charge in [-0.05, 0) is 52.8 Å². The summed E-state index contributed by atoms with van der Waals surface area (Å²) in [6.07, 6.45) is 2.70. The maximum absolute atomic E-state index is 13.5. The molecular weight excluding hydrogens is 767 g/mol. The van der Waals surface area contributed by atoms with Crippen LogP contribution in [0.1, 0.15) is 31.2 Å². The van der Waals surface area contributed by atoms with Gasteiger partial charge < -0.3 is 39.6 Å². The minimum absolute atomic E-state index is 0.176. The minimum atomic E-state index is -3.64. The molecule has 0 bridgehead atoms. The SMILES string of the molecule is COc1cc(Nc2cc(Oc3ccc(NC(=O)Nc4cc(C(C)(C)C)cc(NS(C)(=O)=O)c4OC)c4ccccc34)ccn2)cc(OCCOCc2cccs2)c1. The number of anilines is 5. The number of urea groups is 1. The van der Waals surface area contributed by atoms with E-state index in [4.69, 9.17) is 23.7 Å². The molecule has 4 N–H and O–H groups in total. The number of amides is 2. The molecule has 0 radical (unpaired) electrons. The Kier molecular flexibility index (Phi) is 12.7. The molecular formula is C42H45N5O8S2. The number of ether oxygens (including phenoxy) is 5. The van der Waals surface area contributed by atoms with Gasteiger partial charge in [0.15, 0.2) is 5.75 Å². The van der Waals surface area contributed by atoms with E-state index in [0.29, 0.717) is 65.7 Å². The molecule has 6 aromatic rings. The number of aromatic nitrogens is 1. The van der Waals surface area contributed by atoms with Crippen LogP contribution in [0.25, 0.3) is 10.8 Å². The highest BCUT2D eigenvalue weighted by Gasteiger charge is 2.22. The molecule has 13 nitrogen and oxygen atoms in total. The summed E-state index contributed by atoms with van der Waals surface area (Å²) in [6, 6.07) is 27.0. The lowest BCUT2D eigenvalue weighted by Crippen LogP contribution is -2.22. The summed E-state index contributed by atoms with van der Waals surface area (Å²) >= 11 is 1.65. The molecule has 298 valence electrons. The van der Waals surface area contributed by atoms with Crippen molar-refractivity contribution in [2.75, 3.05) is 54.4 Å². The van der Waals surface area contributed by atoms with Crippen molar-refractivity contribution in [3.05, 3.63) is 113 Å². The van der Waals surface area contributed by atoms with Gasteiger partial charge in [0.25, 0.3) is 0 Å². The number of sulfonamides is 1. The molecule has 0 saturated carbocycles. The van der Waals surface area contributed by atoms with Crippen molar-refractivity contribution in [2.45, 2.75) is 32.8 Å². The number of benzene rings is 4. The lowest BCUT2D eigenvalue weighted by molar-refractivity contribution is 0.0905. The molecule has 0 aliphatic rings. The summed E-state index contributed by atoms with van der Waals surface area (Å²) in [4.78, 5) is 19.2. The first-order chi connectivity index (χ1) is 27.3. The van der Waals surface area contributed by atoms with Gasteiger partial charge in [-0.2, -0.15) is 0 Å². The van der Waals surface area contributed by atoms with Crippen LogP contribution in [-0.2, 0) is 26.8 Å². The van der Waals surface area contributed by atoms with Crippen molar-refractivity contribution in [3.63, 3.8) is 0 Å². The van der Waals surface area contributed by atoms with E-state index in [1.807, 2.05) is 74.7 Å². The molecule has 0 aliphatic carbocycles. The van der Waals surface area contributed by atoms with Crippen LogP contribution in [0.5, 0.6) is 28.7 Å². The standard InChI is InChI=1S/C42H45N5O8S2/c1-42(2,3)27-20-36(40(52-5)37(21-27)47-57(6,49)50)46-41(48)45-35-13-14-38(34-12-8-7-11-33(34)35)55-29-15-16-43-39(25-29)44-28-22-30(51-4)24-31(23-28)54-18-17-53-26-32-10-9-19-56-32/h7-16,19-25,47H,17-18,26H2,1-6H3,(H,43,44)(H2,45,46,48). The Bertz CT molecular complexity index is 2450. The summed E-state index contributed by atoms with van der Waals surface area (Å²) in [5, 5.41) is 12.6. The maximum Gasteiger partial charge on any atom is 0.323 e. The first-order valence-electron chi connectivity index (χ1n) is 17.9. The number of rotatable bonds is 16. The van der Waals surface area contributed by atoms with E-state index in [1.165, 1.54) is 7.11 Å². The summed E-state index contributed by atoms with van der Waals surface area (Å²) in [6.45, 7) is 7.32. The van der Waals surface area contributed by atoms with E-state index in [0.717, 1.165) is 27.5 Å². The molecule has 0 aliphatic heterocycles. The second-order valence-corrected chi connectivity index (χ2v) is 16.7. The third-order valence-electron chi connectivity index (χ3n) is 8.50. The van der Waals surface area contributed by atoms with Crippen molar-refractivity contribution in [1.29, 1.82) is 0 Å². The third-order valence-corrected chi connectivity index (χ3v) is 9.94. The predicted octanol–water partition coefficient (Wildman–Crippen LogP) is 9.76. The fourth-order valence-corrected chi connectivity index (χ4v) is 7.04. The number of fused-ring (bicyclic) bond motifs is 1. The smallest absolute Gasteiger partial charge is 0.323 e. The monoisotopic (exact) mass is 811 g/mol. The molecule has 0 fully saturated rings. The van der Waals surface area contributed by atoms with E-state index >= 15 is 0 Å². The fourth-order valence-electron chi connectivity index (χ4n) is 5.84. The minimum Gasteiger partial charge on any atom is -0.497 e. The van der Waals surface area contributed by atoms with Gasteiger partial charge in [0, 0.05) is 51.8 Å². The Labute approximate surface area is 336 Å². The van der Waals surface area contributed by atoms with Gasteiger partial charge in [0.1, 0.15) is 35.4 Å². The van der Waals surface area contributed by atoms with Crippen LogP contribution in [0.15, 0.2) is 103 Å². The van der Waals surface area contributed by atoms with Gasteiger partial charge >= 0.3 is 6.03 Å². The number of nitrogens with zero attached hydrogens (tertiary/aromatic N) is 1. The zero-order valence-corrected chi connectivity index (χ0v) is 34.1. The van der Waals surface area contributed by atoms with Gasteiger partial charge in [-0.15, -0.1) is 11.3 Å². The van der Waals surface area contributed by atoms with E-state index in [-0.39, 0.29) is 16.9 Å². The Morgan fingerprint density at radius 1 is 0.789 bits per heavy atom.